The molecule has 0 radical (unpaired) electrons. The summed E-state index contributed by atoms with van der Waals surface area (Å²) in [4.78, 5) is 10.1. The Hall–Kier alpha value is -0.710. The zero-order valence-corrected chi connectivity index (χ0v) is 5.60. The predicted octanol–water partition coefficient (Wildman–Crippen LogP) is 0.175. The van der Waals surface area contributed by atoms with E-state index in [4.69, 9.17) is 5.11 Å². The number of hydrogen-bond donors (Lipinski definition) is 1. The van der Waals surface area contributed by atoms with E-state index in [9.17, 15) is 13.6 Å². The number of methoxy groups -OCH3 is 1. The molecule has 0 saturated carbocycles. The summed E-state index contributed by atoms with van der Waals surface area (Å²) in [7, 11) is 0.832. The van der Waals surface area contributed by atoms with Crippen molar-refractivity contribution < 1.29 is 23.4 Å². The Morgan fingerprint density at radius 3 is 2.20 bits per heavy atom. The fraction of sp³-hybridized carbons (Fsp3) is 0.800. The van der Waals surface area contributed by atoms with Crippen LogP contribution in [0.1, 0.15) is 6.92 Å². The molecule has 60 valence electrons. The van der Waals surface area contributed by atoms with E-state index in [1.165, 1.54) is 0 Å². The first-order valence-electron chi connectivity index (χ1n) is 2.57. The van der Waals surface area contributed by atoms with Crippen LogP contribution in [-0.2, 0) is 9.53 Å². The molecular formula is C5H8F2O3. The van der Waals surface area contributed by atoms with Crippen LogP contribution in [0.5, 0.6) is 0 Å². The molecule has 10 heavy (non-hydrogen) atoms. The molecule has 0 aliphatic carbocycles. The van der Waals surface area contributed by atoms with Gasteiger partial charge in [-0.2, -0.15) is 8.78 Å². The maximum Gasteiger partial charge on any atom is 0.379 e. The van der Waals surface area contributed by atoms with Crippen molar-refractivity contribution >= 4 is 5.97 Å². The Morgan fingerprint density at radius 2 is 2.10 bits per heavy atom. The van der Waals surface area contributed by atoms with E-state index in [-0.39, 0.29) is 0 Å². The minimum atomic E-state index is -3.80. The quantitative estimate of drug-likeness (QED) is 0.577. The maximum atomic E-state index is 12.2. The molecule has 0 rings (SSSR count). The molecule has 0 aromatic rings. The summed E-state index contributed by atoms with van der Waals surface area (Å²) in [5.41, 5.74) is 0. The summed E-state index contributed by atoms with van der Waals surface area (Å²) in [6.45, 7) is 0.816. The Balaban J connectivity index is 4.24. The minimum absolute atomic E-state index is 0.816. The van der Waals surface area contributed by atoms with E-state index in [0.29, 0.717) is 0 Å². The average molecular weight is 154 g/mol. The van der Waals surface area contributed by atoms with Crippen LogP contribution in [0.2, 0.25) is 0 Å². The highest BCUT2D eigenvalue weighted by Gasteiger charge is 2.45. The first kappa shape index (κ1) is 9.29. The van der Waals surface area contributed by atoms with Gasteiger partial charge in [-0.05, 0) is 6.92 Å². The predicted molar refractivity (Wildman–Crippen MR) is 28.6 cm³/mol. The van der Waals surface area contributed by atoms with Crippen molar-refractivity contribution in [2.45, 2.75) is 19.0 Å². The third-order valence-corrected chi connectivity index (χ3v) is 0.982. The largest absolute Gasteiger partial charge is 0.465 e. The third kappa shape index (κ3) is 1.63. The highest BCUT2D eigenvalue weighted by Crippen LogP contribution is 2.19. The van der Waals surface area contributed by atoms with Gasteiger partial charge in [-0.15, -0.1) is 0 Å². The van der Waals surface area contributed by atoms with Crippen molar-refractivity contribution in [3.05, 3.63) is 0 Å². The SMILES string of the molecule is COC(=O)C(F)(F)[C@H](C)O. The second kappa shape index (κ2) is 2.92. The fourth-order valence-corrected chi connectivity index (χ4v) is 0.307. The molecule has 0 saturated heterocycles. The lowest BCUT2D eigenvalue weighted by Crippen LogP contribution is -2.40. The molecule has 0 aliphatic heterocycles. The molecule has 5 heteroatoms. The van der Waals surface area contributed by atoms with Crippen molar-refractivity contribution in [2.75, 3.05) is 7.11 Å². The van der Waals surface area contributed by atoms with Crippen molar-refractivity contribution in [2.24, 2.45) is 0 Å². The van der Waals surface area contributed by atoms with Crippen LogP contribution in [0.4, 0.5) is 8.78 Å². The van der Waals surface area contributed by atoms with Gasteiger partial charge in [0, 0.05) is 0 Å². The Kier molecular flexibility index (Phi) is 2.71. The van der Waals surface area contributed by atoms with Crippen molar-refractivity contribution in [1.82, 2.24) is 0 Å². The van der Waals surface area contributed by atoms with Crippen LogP contribution < -0.4 is 0 Å². The number of aliphatic hydroxyl groups excluding tert-OH is 1. The molecular weight excluding hydrogens is 146 g/mol. The van der Waals surface area contributed by atoms with Gasteiger partial charge in [-0.3, -0.25) is 0 Å². The number of rotatable bonds is 2. The molecule has 0 heterocycles. The molecule has 0 aliphatic rings. The number of carbonyl (C=O) groups is 1. The van der Waals surface area contributed by atoms with Gasteiger partial charge in [0.1, 0.15) is 6.10 Å². The van der Waals surface area contributed by atoms with E-state index in [1.807, 2.05) is 0 Å². The summed E-state index contributed by atoms with van der Waals surface area (Å²) in [5.74, 6) is -5.52. The van der Waals surface area contributed by atoms with Crippen LogP contribution in [0, 0.1) is 0 Å². The van der Waals surface area contributed by atoms with Gasteiger partial charge in [-0.25, -0.2) is 4.79 Å². The lowest BCUT2D eigenvalue weighted by Gasteiger charge is -2.15. The van der Waals surface area contributed by atoms with Gasteiger partial charge in [0.05, 0.1) is 7.11 Å². The zero-order chi connectivity index (χ0) is 8.36. The normalized spacial score (nSPS) is 14.5. The van der Waals surface area contributed by atoms with Gasteiger partial charge in [-0.1, -0.05) is 0 Å². The zero-order valence-electron chi connectivity index (χ0n) is 5.60. The number of aliphatic hydroxyl groups is 1. The summed E-state index contributed by atoms with van der Waals surface area (Å²) in [6, 6.07) is 0. The van der Waals surface area contributed by atoms with Crippen molar-refractivity contribution in [3.63, 3.8) is 0 Å². The Bertz CT molecular complexity index is 133. The van der Waals surface area contributed by atoms with E-state index in [0.717, 1.165) is 14.0 Å². The first-order chi connectivity index (χ1) is 4.42. The average Bonchev–Trinajstić information content (AvgIpc) is 1.86. The number of hydrogen-bond acceptors (Lipinski definition) is 3. The van der Waals surface area contributed by atoms with Gasteiger partial charge < -0.3 is 9.84 Å². The molecule has 1 N–H and O–H groups in total. The number of halogens is 2. The van der Waals surface area contributed by atoms with Crippen LogP contribution >= 0.6 is 0 Å². The maximum absolute atomic E-state index is 12.2. The highest BCUT2D eigenvalue weighted by atomic mass is 19.3. The monoisotopic (exact) mass is 154 g/mol. The summed E-state index contributed by atoms with van der Waals surface area (Å²) in [5, 5.41) is 8.33. The lowest BCUT2D eigenvalue weighted by atomic mass is 10.2. The van der Waals surface area contributed by atoms with Crippen molar-refractivity contribution in [3.8, 4) is 0 Å². The number of carbonyl (C=O) groups excluding carboxylic acids is 1. The third-order valence-electron chi connectivity index (χ3n) is 0.982. The topological polar surface area (TPSA) is 46.5 Å². The van der Waals surface area contributed by atoms with E-state index in [1.54, 1.807) is 0 Å². The standard InChI is InChI=1S/C5H8F2O3/c1-3(8)5(6,7)4(9)10-2/h3,8H,1-2H3/t3-/m0/s1. The Labute approximate surface area is 56.6 Å². The molecule has 0 aromatic carbocycles. The van der Waals surface area contributed by atoms with Crippen LogP contribution in [-0.4, -0.2) is 30.2 Å². The lowest BCUT2D eigenvalue weighted by molar-refractivity contribution is -0.183. The molecule has 3 nitrogen and oxygen atoms in total. The van der Waals surface area contributed by atoms with Gasteiger partial charge in [0.15, 0.2) is 0 Å². The number of esters is 1. The minimum Gasteiger partial charge on any atom is -0.465 e. The second-order valence-corrected chi connectivity index (χ2v) is 1.79. The second-order valence-electron chi connectivity index (χ2n) is 1.79. The molecule has 0 spiro atoms. The smallest absolute Gasteiger partial charge is 0.379 e. The first-order valence-corrected chi connectivity index (χ1v) is 2.57. The van der Waals surface area contributed by atoms with Gasteiger partial charge >= 0.3 is 11.9 Å². The van der Waals surface area contributed by atoms with Crippen LogP contribution in [0.25, 0.3) is 0 Å². The highest BCUT2D eigenvalue weighted by molar-refractivity contribution is 5.78. The van der Waals surface area contributed by atoms with E-state index in [2.05, 4.69) is 4.74 Å². The molecule has 0 fully saturated rings. The number of ether oxygens (including phenoxy) is 1. The van der Waals surface area contributed by atoms with Gasteiger partial charge in [0.25, 0.3) is 0 Å². The summed E-state index contributed by atoms with van der Waals surface area (Å²) < 4.78 is 28.2. The Morgan fingerprint density at radius 1 is 1.70 bits per heavy atom. The molecule has 0 bridgehead atoms. The van der Waals surface area contributed by atoms with E-state index >= 15 is 0 Å². The van der Waals surface area contributed by atoms with Gasteiger partial charge in [0.2, 0.25) is 0 Å². The van der Waals surface area contributed by atoms with Crippen LogP contribution in [0.15, 0.2) is 0 Å². The molecule has 1 atom stereocenters. The molecule has 0 aromatic heterocycles. The summed E-state index contributed by atoms with van der Waals surface area (Å²) >= 11 is 0. The molecule has 0 amide bonds. The van der Waals surface area contributed by atoms with E-state index < -0.39 is 18.0 Å². The summed E-state index contributed by atoms with van der Waals surface area (Å²) in [6.07, 6.45) is -2.01. The fourth-order valence-electron chi connectivity index (χ4n) is 0.307. The van der Waals surface area contributed by atoms with Crippen molar-refractivity contribution in [1.29, 1.82) is 0 Å². The van der Waals surface area contributed by atoms with Crippen LogP contribution in [0.3, 0.4) is 0 Å². The number of alkyl halides is 2. The molecule has 0 unspecified atom stereocenters.